The fraction of sp³-hybridized carbons (Fsp3) is 0.950. The van der Waals surface area contributed by atoms with Gasteiger partial charge in [0.05, 0.1) is 26.4 Å². The van der Waals surface area contributed by atoms with Crippen LogP contribution >= 0.6 is 15.6 Å². The minimum atomic E-state index is -4.96. The highest BCUT2D eigenvalue weighted by atomic mass is 31.2. The van der Waals surface area contributed by atoms with Crippen LogP contribution in [0.3, 0.4) is 0 Å². The molecule has 0 aromatic heterocycles. The number of rotatable bonds is 81. The zero-order valence-electron chi connectivity index (χ0n) is 64.5. The van der Waals surface area contributed by atoms with E-state index in [9.17, 15) is 43.2 Å². The number of carbonyl (C=O) groups is 4. The molecular weight excluding hydrogens is 1290 g/mol. The Morgan fingerprint density at radius 1 is 0.242 bits per heavy atom. The van der Waals surface area contributed by atoms with Gasteiger partial charge >= 0.3 is 39.5 Å². The van der Waals surface area contributed by atoms with E-state index in [0.717, 1.165) is 89.9 Å². The molecule has 0 bridgehead atoms. The first-order chi connectivity index (χ1) is 48.2. The van der Waals surface area contributed by atoms with Crippen LogP contribution in [0.25, 0.3) is 0 Å². The molecule has 0 aromatic carbocycles. The van der Waals surface area contributed by atoms with E-state index in [0.29, 0.717) is 25.7 Å². The maximum Gasteiger partial charge on any atom is 0.472 e. The van der Waals surface area contributed by atoms with Crippen LogP contribution < -0.4 is 0 Å². The van der Waals surface area contributed by atoms with Crippen molar-refractivity contribution in [2.24, 2.45) is 0 Å². The first-order valence-corrected chi connectivity index (χ1v) is 44.8. The van der Waals surface area contributed by atoms with Crippen LogP contribution in [0, 0.1) is 0 Å². The third kappa shape index (κ3) is 74.1. The van der Waals surface area contributed by atoms with E-state index >= 15 is 0 Å². The van der Waals surface area contributed by atoms with Gasteiger partial charge in [-0.1, -0.05) is 381 Å². The molecule has 99 heavy (non-hydrogen) atoms. The second kappa shape index (κ2) is 74.3. The second-order valence-corrected chi connectivity index (χ2v) is 31.7. The summed E-state index contributed by atoms with van der Waals surface area (Å²) in [5.41, 5.74) is 0. The lowest BCUT2D eigenvalue weighted by atomic mass is 10.0. The van der Waals surface area contributed by atoms with Gasteiger partial charge < -0.3 is 33.8 Å². The number of phosphoric acid groups is 2. The summed E-state index contributed by atoms with van der Waals surface area (Å²) in [6.45, 7) is 4.98. The first kappa shape index (κ1) is 97.1. The maximum atomic E-state index is 13.1. The summed E-state index contributed by atoms with van der Waals surface area (Å²) in [5.74, 6) is -2.11. The molecule has 0 aliphatic rings. The number of hydrogen-bond donors (Lipinski definition) is 3. The van der Waals surface area contributed by atoms with Gasteiger partial charge in [-0.05, 0) is 25.7 Å². The predicted molar refractivity (Wildman–Crippen MR) is 405 cm³/mol. The second-order valence-electron chi connectivity index (χ2n) is 28.8. The van der Waals surface area contributed by atoms with Crippen molar-refractivity contribution in [3.63, 3.8) is 0 Å². The molecule has 0 spiro atoms. The van der Waals surface area contributed by atoms with E-state index in [4.69, 9.17) is 37.0 Å². The van der Waals surface area contributed by atoms with Crippen molar-refractivity contribution < 1.29 is 80.2 Å². The highest BCUT2D eigenvalue weighted by Crippen LogP contribution is 2.45. The van der Waals surface area contributed by atoms with E-state index < -0.39 is 97.5 Å². The third-order valence-corrected chi connectivity index (χ3v) is 20.8. The van der Waals surface area contributed by atoms with Gasteiger partial charge in [-0.25, -0.2) is 9.13 Å². The number of carbonyl (C=O) groups excluding carboxylic acids is 4. The average Bonchev–Trinajstić information content (AvgIpc) is 1.57. The molecule has 0 aliphatic heterocycles. The first-order valence-electron chi connectivity index (χ1n) is 41.8. The highest BCUT2D eigenvalue weighted by Gasteiger charge is 2.30. The molecule has 0 fully saturated rings. The predicted octanol–water partition coefficient (Wildman–Crippen LogP) is 24.2. The molecule has 0 saturated carbocycles. The van der Waals surface area contributed by atoms with E-state index in [2.05, 4.69) is 27.7 Å². The van der Waals surface area contributed by atoms with E-state index in [1.807, 2.05) is 0 Å². The standard InChI is InChI=1S/C80H156O17P2/c1-5-9-13-17-21-25-28-30-32-34-36-37-39-41-43-45-47-51-55-59-63-67-80(85)97-76(71-91-78(83)65-61-57-53-50-46-44-42-40-38-35-33-31-29-26-22-18-14-10-6-2)73-95-99(88,89)93-69-74(81)68-92-98(86,87)94-72-75(70-90-77(82)64-60-56-52-48-24-20-16-12-8-4)96-79(84)66-62-58-54-49-27-23-19-15-11-7-3/h74-76,81H,5-73H2,1-4H3,(H,86,87)(H,88,89)/t74-,75+,76+/m0/s1. The zero-order valence-corrected chi connectivity index (χ0v) is 66.3. The average molecular weight is 1450 g/mol. The number of aliphatic hydroxyl groups excluding tert-OH is 1. The Morgan fingerprint density at radius 3 is 0.596 bits per heavy atom. The van der Waals surface area contributed by atoms with Crippen molar-refractivity contribution in [3.8, 4) is 0 Å². The monoisotopic (exact) mass is 1450 g/mol. The Kier molecular flexibility index (Phi) is 72.9. The van der Waals surface area contributed by atoms with Crippen molar-refractivity contribution in [1.29, 1.82) is 0 Å². The van der Waals surface area contributed by atoms with E-state index in [1.165, 1.54) is 263 Å². The normalized spacial score (nSPS) is 13.8. The number of ether oxygens (including phenoxy) is 4. The zero-order chi connectivity index (χ0) is 72.5. The molecule has 588 valence electrons. The summed E-state index contributed by atoms with van der Waals surface area (Å²) in [5, 5.41) is 10.6. The van der Waals surface area contributed by atoms with E-state index in [-0.39, 0.29) is 25.7 Å². The Bertz CT molecular complexity index is 1880. The number of esters is 4. The molecular formula is C80H156O17P2. The quantitative estimate of drug-likeness (QED) is 0.0222. The molecule has 0 rings (SSSR count). The van der Waals surface area contributed by atoms with Crippen molar-refractivity contribution in [3.05, 3.63) is 0 Å². The number of hydrogen-bond acceptors (Lipinski definition) is 15. The van der Waals surface area contributed by atoms with Crippen LogP contribution in [0.2, 0.25) is 0 Å². The lowest BCUT2D eigenvalue weighted by molar-refractivity contribution is -0.161. The highest BCUT2D eigenvalue weighted by molar-refractivity contribution is 7.47. The third-order valence-electron chi connectivity index (χ3n) is 18.9. The summed E-state index contributed by atoms with van der Waals surface area (Å²) in [4.78, 5) is 72.8. The van der Waals surface area contributed by atoms with Gasteiger partial charge in [0.2, 0.25) is 0 Å². The molecule has 0 aliphatic carbocycles. The van der Waals surface area contributed by atoms with Gasteiger partial charge in [0.25, 0.3) is 0 Å². The van der Waals surface area contributed by atoms with Crippen LogP contribution in [0.4, 0.5) is 0 Å². The summed E-state index contributed by atoms with van der Waals surface area (Å²) < 4.78 is 68.6. The SMILES string of the molecule is CCCCCCCCCCCCCCCCCCCCCCCC(=O)O[C@H](COC(=O)CCCCCCCCCCCCCCCCCCCCC)COP(=O)(O)OC[C@@H](O)COP(=O)(O)OC[C@@H](COC(=O)CCCCCCCCCCC)OC(=O)CCCCCCCCCCCC. The van der Waals surface area contributed by atoms with Crippen molar-refractivity contribution in [2.45, 2.75) is 451 Å². The topological polar surface area (TPSA) is 237 Å². The van der Waals surface area contributed by atoms with Crippen LogP contribution in [0.1, 0.15) is 432 Å². The number of aliphatic hydroxyl groups is 1. The van der Waals surface area contributed by atoms with Crippen molar-refractivity contribution >= 4 is 39.5 Å². The molecule has 0 heterocycles. The maximum absolute atomic E-state index is 13.1. The molecule has 0 aromatic rings. The number of unbranched alkanes of at least 4 members (excludes halogenated alkanes) is 55. The lowest BCUT2D eigenvalue weighted by Gasteiger charge is -2.21. The van der Waals surface area contributed by atoms with Crippen molar-refractivity contribution in [2.75, 3.05) is 39.6 Å². The van der Waals surface area contributed by atoms with Crippen LogP contribution in [0.15, 0.2) is 0 Å². The molecule has 0 saturated heterocycles. The number of phosphoric ester groups is 2. The van der Waals surface area contributed by atoms with Crippen LogP contribution in [-0.4, -0.2) is 96.7 Å². The molecule has 2 unspecified atom stereocenters. The Balaban J connectivity index is 5.17. The summed E-state index contributed by atoms with van der Waals surface area (Å²) in [7, 11) is -9.91. The van der Waals surface area contributed by atoms with Crippen LogP contribution in [-0.2, 0) is 65.4 Å². The van der Waals surface area contributed by atoms with Crippen LogP contribution in [0.5, 0.6) is 0 Å². The molecule has 5 atom stereocenters. The largest absolute Gasteiger partial charge is 0.472 e. The Morgan fingerprint density at radius 2 is 0.404 bits per heavy atom. The molecule has 3 N–H and O–H groups in total. The summed E-state index contributed by atoms with van der Waals surface area (Å²) in [6, 6.07) is 0. The van der Waals surface area contributed by atoms with Gasteiger partial charge in [0.1, 0.15) is 19.3 Å². The van der Waals surface area contributed by atoms with E-state index in [1.54, 1.807) is 0 Å². The van der Waals surface area contributed by atoms with Gasteiger partial charge in [-0.3, -0.25) is 37.3 Å². The Hall–Kier alpha value is -1.94. The van der Waals surface area contributed by atoms with Crippen molar-refractivity contribution in [1.82, 2.24) is 0 Å². The lowest BCUT2D eigenvalue weighted by Crippen LogP contribution is -2.30. The minimum absolute atomic E-state index is 0.107. The van der Waals surface area contributed by atoms with Gasteiger partial charge in [-0.2, -0.15) is 0 Å². The molecule has 0 radical (unpaired) electrons. The summed E-state index contributed by atoms with van der Waals surface area (Å²) >= 11 is 0. The van der Waals surface area contributed by atoms with Gasteiger partial charge in [-0.15, -0.1) is 0 Å². The summed E-state index contributed by atoms with van der Waals surface area (Å²) in [6.07, 6.45) is 66.8. The smallest absolute Gasteiger partial charge is 0.462 e. The molecule has 19 heteroatoms. The van der Waals surface area contributed by atoms with Gasteiger partial charge in [0.15, 0.2) is 12.2 Å². The van der Waals surface area contributed by atoms with Gasteiger partial charge in [0, 0.05) is 25.7 Å². The molecule has 17 nitrogen and oxygen atoms in total. The fourth-order valence-corrected chi connectivity index (χ4v) is 14.0. The fourth-order valence-electron chi connectivity index (χ4n) is 12.5. The molecule has 0 amide bonds. The Labute approximate surface area is 607 Å². The minimum Gasteiger partial charge on any atom is -0.462 e.